The molecule has 1 saturated heterocycles. The summed E-state index contributed by atoms with van der Waals surface area (Å²) in [4.78, 5) is 41.0. The van der Waals surface area contributed by atoms with Gasteiger partial charge < -0.3 is 36.7 Å². The van der Waals surface area contributed by atoms with E-state index in [4.69, 9.17) is 20.8 Å². The van der Waals surface area contributed by atoms with Gasteiger partial charge in [-0.05, 0) is 62.2 Å². The lowest BCUT2D eigenvalue weighted by molar-refractivity contribution is -0.199. The molecule has 0 unspecified atom stereocenters. The number of hydrogen-bond acceptors (Lipinski definition) is 6. The van der Waals surface area contributed by atoms with Crippen LogP contribution < -0.4 is 27.4 Å². The minimum atomic E-state index is -0.794. The van der Waals surface area contributed by atoms with Crippen LogP contribution in [0.2, 0.25) is 0 Å². The second-order valence-electron chi connectivity index (χ2n) is 12.3. The molecule has 12 heteroatoms. The molecule has 214 valence electrons. The van der Waals surface area contributed by atoms with Crippen LogP contribution in [0.1, 0.15) is 79.6 Å². The maximum Gasteiger partial charge on any atom is 0.481 e. The second kappa shape index (κ2) is 12.2. The Morgan fingerprint density at radius 2 is 1.82 bits per heavy atom. The van der Waals surface area contributed by atoms with Crippen LogP contribution in [0, 0.1) is 23.2 Å². The van der Waals surface area contributed by atoms with Crippen molar-refractivity contribution < 1.29 is 23.7 Å². The summed E-state index contributed by atoms with van der Waals surface area (Å²) >= 11 is 0. The minimum absolute atomic E-state index is 0.0110. The molecule has 3 saturated carbocycles. The third-order valence-electron chi connectivity index (χ3n) is 8.82. The van der Waals surface area contributed by atoms with Crippen LogP contribution >= 0.6 is 0 Å². The summed E-state index contributed by atoms with van der Waals surface area (Å²) in [6.45, 7) is 11.5. The lowest BCUT2D eigenvalue weighted by Gasteiger charge is -2.64. The van der Waals surface area contributed by atoms with Crippen molar-refractivity contribution in [3.05, 3.63) is 0 Å². The molecule has 4 fully saturated rings. The second-order valence-corrected chi connectivity index (χ2v) is 12.3. The number of primary amides is 1. The zero-order valence-corrected chi connectivity index (χ0v) is 23.8. The number of guanidine groups is 1. The molecule has 1 aliphatic heterocycles. The summed E-state index contributed by atoms with van der Waals surface area (Å²) in [5.74, 6) is 0.00384. The average molecular weight is 535 g/mol. The summed E-state index contributed by atoms with van der Waals surface area (Å²) in [6.07, 6.45) is 3.58. The molecule has 11 nitrogen and oxygen atoms in total. The number of hydrogen-bond donors (Lipinski definition) is 5. The van der Waals surface area contributed by atoms with Gasteiger partial charge in [0.2, 0.25) is 17.7 Å². The number of amides is 3. The Balaban J connectivity index is 1.68. The van der Waals surface area contributed by atoms with E-state index in [2.05, 4.69) is 55.6 Å². The van der Waals surface area contributed by atoms with Crippen molar-refractivity contribution in [1.82, 2.24) is 16.0 Å². The molecule has 3 amide bonds. The molecule has 3 aliphatic carbocycles. The Hall–Kier alpha value is -2.34. The van der Waals surface area contributed by atoms with E-state index < -0.39 is 25.0 Å². The molecular formula is C26H47BN6O5. The highest BCUT2D eigenvalue weighted by atomic mass is 16.7. The van der Waals surface area contributed by atoms with E-state index in [9.17, 15) is 14.4 Å². The molecule has 0 radical (unpaired) electrons. The molecule has 4 rings (SSSR count). The molecule has 38 heavy (non-hydrogen) atoms. The van der Waals surface area contributed by atoms with E-state index >= 15 is 0 Å². The van der Waals surface area contributed by atoms with Crippen LogP contribution in [-0.2, 0) is 23.7 Å². The molecule has 1 heterocycles. The summed E-state index contributed by atoms with van der Waals surface area (Å²) in [5.41, 5.74) is 10.7. The van der Waals surface area contributed by atoms with Gasteiger partial charge in [-0.1, -0.05) is 27.7 Å². The van der Waals surface area contributed by atoms with E-state index in [0.29, 0.717) is 43.6 Å². The lowest BCUT2D eigenvalue weighted by atomic mass is 9.43. The first-order chi connectivity index (χ1) is 17.8. The summed E-state index contributed by atoms with van der Waals surface area (Å²) < 4.78 is 13.1. The van der Waals surface area contributed by atoms with Crippen LogP contribution in [0.4, 0.5) is 0 Å². The fraction of sp³-hybridized carbons (Fsp3) is 0.846. The first kappa shape index (κ1) is 30.2. The van der Waals surface area contributed by atoms with Crippen LogP contribution in [-0.4, -0.2) is 68.1 Å². The van der Waals surface area contributed by atoms with Crippen LogP contribution in [0.15, 0.2) is 4.99 Å². The van der Waals surface area contributed by atoms with E-state index in [0.717, 1.165) is 12.8 Å². The fourth-order valence-corrected chi connectivity index (χ4v) is 6.47. The number of nitrogens with zero attached hydrogens (tertiary/aromatic N) is 1. The normalized spacial score (nSPS) is 29.2. The summed E-state index contributed by atoms with van der Waals surface area (Å²) in [6, 6.07) is -0.794. The maximum atomic E-state index is 13.5. The Labute approximate surface area is 227 Å². The van der Waals surface area contributed by atoms with Crippen LogP contribution in [0.25, 0.3) is 0 Å². The van der Waals surface area contributed by atoms with E-state index in [1.54, 1.807) is 7.05 Å². The quantitative estimate of drug-likeness (QED) is 0.101. The molecule has 0 spiro atoms. The van der Waals surface area contributed by atoms with Gasteiger partial charge in [-0.3, -0.25) is 19.4 Å². The summed E-state index contributed by atoms with van der Waals surface area (Å²) in [7, 11) is 1.03. The minimum Gasteiger partial charge on any atom is -0.404 e. The van der Waals surface area contributed by atoms with Gasteiger partial charge >= 0.3 is 7.12 Å². The van der Waals surface area contributed by atoms with Crippen molar-refractivity contribution in [2.24, 2.45) is 39.6 Å². The molecule has 2 bridgehead atoms. The zero-order chi connectivity index (χ0) is 28.3. The smallest absolute Gasteiger partial charge is 0.404 e. The van der Waals surface area contributed by atoms with Gasteiger partial charge in [-0.15, -0.1) is 0 Å². The van der Waals surface area contributed by atoms with Gasteiger partial charge in [-0.2, -0.15) is 0 Å². The van der Waals surface area contributed by atoms with Crippen molar-refractivity contribution in [2.45, 2.75) is 103 Å². The van der Waals surface area contributed by atoms with Crippen molar-refractivity contribution in [1.29, 1.82) is 0 Å². The fourth-order valence-electron chi connectivity index (χ4n) is 6.47. The van der Waals surface area contributed by atoms with Crippen molar-refractivity contribution in [2.75, 3.05) is 13.6 Å². The number of nitrogens with one attached hydrogen (secondary N) is 3. The van der Waals surface area contributed by atoms with Gasteiger partial charge in [0.15, 0.2) is 5.96 Å². The monoisotopic (exact) mass is 534 g/mol. The third-order valence-corrected chi connectivity index (χ3v) is 8.82. The van der Waals surface area contributed by atoms with E-state index in [1.807, 2.05) is 0 Å². The standard InChI is InChI=1S/C26H47BN6O5/c1-15(2)12-20(27-37-19-14-16-13-18(25(16,3)4)26(19,5)38-27)33-23(36)17(8-7-11-31-24(29)30-6)32-22(35)10-9-21(28)34/h15-20H,7-14H2,1-6H3,(H2,28,34)(H,32,35)(H,33,36)(H3,29,30,31)/t16-,17-,18-,19+,20-,26-/m0/s1. The Morgan fingerprint density at radius 3 is 2.42 bits per heavy atom. The first-order valence-electron chi connectivity index (χ1n) is 13.9. The highest BCUT2D eigenvalue weighted by molar-refractivity contribution is 6.48. The van der Waals surface area contributed by atoms with Gasteiger partial charge in [-0.25, -0.2) is 0 Å². The molecule has 7 N–H and O–H groups in total. The average Bonchev–Trinajstić information content (AvgIpc) is 3.20. The lowest BCUT2D eigenvalue weighted by Crippen LogP contribution is -2.65. The van der Waals surface area contributed by atoms with Crippen molar-refractivity contribution >= 4 is 30.8 Å². The molecule has 0 aromatic heterocycles. The van der Waals surface area contributed by atoms with E-state index in [-0.39, 0.29) is 47.7 Å². The number of carbonyl (C=O) groups excluding carboxylic acids is 3. The van der Waals surface area contributed by atoms with E-state index in [1.165, 1.54) is 0 Å². The predicted molar refractivity (Wildman–Crippen MR) is 147 cm³/mol. The van der Waals surface area contributed by atoms with Crippen molar-refractivity contribution in [3.63, 3.8) is 0 Å². The Bertz CT molecular complexity index is 915. The van der Waals surface area contributed by atoms with Crippen molar-refractivity contribution in [3.8, 4) is 0 Å². The topological polar surface area (TPSA) is 170 Å². The number of aliphatic imine (C=N–C) groups is 1. The Morgan fingerprint density at radius 1 is 1.11 bits per heavy atom. The number of nitrogens with two attached hydrogens (primary N) is 2. The predicted octanol–water partition coefficient (Wildman–Crippen LogP) is 0.849. The highest BCUT2D eigenvalue weighted by Crippen LogP contribution is 2.65. The summed E-state index contributed by atoms with van der Waals surface area (Å²) in [5, 5.41) is 8.87. The molecule has 6 atom stereocenters. The molecular weight excluding hydrogens is 487 g/mol. The van der Waals surface area contributed by atoms with Gasteiger partial charge in [0.25, 0.3) is 0 Å². The zero-order valence-electron chi connectivity index (χ0n) is 23.8. The first-order valence-corrected chi connectivity index (χ1v) is 13.9. The molecule has 0 aromatic carbocycles. The number of carbonyl (C=O) groups is 3. The van der Waals surface area contributed by atoms with Gasteiger partial charge in [0, 0.05) is 26.4 Å². The largest absolute Gasteiger partial charge is 0.481 e. The number of rotatable bonds is 13. The third kappa shape index (κ3) is 6.80. The van der Waals surface area contributed by atoms with Crippen LogP contribution in [0.3, 0.4) is 0 Å². The SMILES string of the molecule is CN=C(N)NCCC[C@H](NC(=O)CCC(N)=O)C(=O)N[C@@H](CC(C)C)B1O[C@@H]2C[C@@H]3C[C@@H](C3(C)C)[C@]2(C)O1. The molecule has 0 aromatic rings. The van der Waals surface area contributed by atoms with Gasteiger partial charge in [0.05, 0.1) is 17.6 Å². The molecule has 4 aliphatic rings. The maximum absolute atomic E-state index is 13.5. The van der Waals surface area contributed by atoms with Crippen LogP contribution in [0.5, 0.6) is 0 Å². The Kier molecular flexibility index (Phi) is 9.73. The van der Waals surface area contributed by atoms with Gasteiger partial charge in [0.1, 0.15) is 6.04 Å². The highest BCUT2D eigenvalue weighted by Gasteiger charge is 2.68.